The molecule has 1 aromatic carbocycles. The van der Waals surface area contributed by atoms with Gasteiger partial charge in [-0.15, -0.1) is 0 Å². The van der Waals surface area contributed by atoms with Crippen LogP contribution in [0.5, 0.6) is 5.75 Å². The van der Waals surface area contributed by atoms with Crippen molar-refractivity contribution in [2.75, 3.05) is 6.61 Å². The van der Waals surface area contributed by atoms with Crippen molar-refractivity contribution in [3.05, 3.63) is 30.3 Å². The molecule has 70 valence electrons. The molecule has 0 saturated heterocycles. The zero-order valence-electron chi connectivity index (χ0n) is 6.67. The molecule has 0 atom stereocenters. The first-order valence-corrected chi connectivity index (χ1v) is 4.18. The predicted molar refractivity (Wildman–Crippen MR) is 48.2 cm³/mol. The van der Waals surface area contributed by atoms with Crippen LogP contribution in [0.3, 0.4) is 0 Å². The van der Waals surface area contributed by atoms with Gasteiger partial charge in [-0.05, 0) is 12.1 Å². The fraction of sp³-hybridized carbons (Fsp3) is 0.125. The van der Waals surface area contributed by atoms with E-state index in [0.717, 1.165) is 0 Å². The van der Waals surface area contributed by atoms with Crippen molar-refractivity contribution in [1.82, 2.24) is 0 Å². The Morgan fingerprint density at radius 2 is 2.08 bits per heavy atom. The Balaban J connectivity index is 2.17. The van der Waals surface area contributed by atoms with E-state index in [1.807, 2.05) is 18.2 Å². The second-order valence-electron chi connectivity index (χ2n) is 2.12. The molecule has 0 amide bonds. The second kappa shape index (κ2) is 5.45. The summed E-state index contributed by atoms with van der Waals surface area (Å²) in [5, 5.41) is 8.22. The highest BCUT2D eigenvalue weighted by molar-refractivity contribution is 7.90. The molecule has 0 bridgehead atoms. The highest BCUT2D eigenvalue weighted by atomic mass is 32.2. The van der Waals surface area contributed by atoms with Crippen LogP contribution in [0.15, 0.2) is 30.3 Å². The van der Waals surface area contributed by atoms with E-state index in [-0.39, 0.29) is 6.61 Å². The van der Waals surface area contributed by atoms with E-state index < -0.39 is 5.97 Å². The summed E-state index contributed by atoms with van der Waals surface area (Å²) in [6.45, 7) is -0.377. The summed E-state index contributed by atoms with van der Waals surface area (Å²) in [4.78, 5) is 10.0. The molecule has 0 aliphatic rings. The van der Waals surface area contributed by atoms with Gasteiger partial charge in [0.25, 0.3) is 0 Å². The first-order chi connectivity index (χ1) is 6.29. The quantitative estimate of drug-likeness (QED) is 0.579. The molecule has 1 aromatic rings. The molecule has 0 fully saturated rings. The SMILES string of the molecule is O=C(O)COSOc1ccccc1. The van der Waals surface area contributed by atoms with Gasteiger partial charge in [-0.25, -0.2) is 4.79 Å². The molecule has 0 aromatic heterocycles. The van der Waals surface area contributed by atoms with Gasteiger partial charge in [0.15, 0.2) is 6.61 Å². The van der Waals surface area contributed by atoms with Crippen molar-refractivity contribution in [1.29, 1.82) is 0 Å². The lowest BCUT2D eigenvalue weighted by Crippen LogP contribution is -2.03. The molecule has 0 saturated carbocycles. The van der Waals surface area contributed by atoms with Crippen LogP contribution in [0.25, 0.3) is 0 Å². The highest BCUT2D eigenvalue weighted by Gasteiger charge is 1.98. The van der Waals surface area contributed by atoms with Gasteiger partial charge in [0.05, 0.1) is 0 Å². The van der Waals surface area contributed by atoms with Crippen molar-refractivity contribution < 1.29 is 18.3 Å². The molecule has 0 unspecified atom stereocenters. The van der Waals surface area contributed by atoms with Gasteiger partial charge in [-0.1, -0.05) is 18.2 Å². The van der Waals surface area contributed by atoms with Crippen molar-refractivity contribution in [2.45, 2.75) is 0 Å². The summed E-state index contributed by atoms with van der Waals surface area (Å²) in [5.41, 5.74) is 0. The smallest absolute Gasteiger partial charge is 0.331 e. The Morgan fingerprint density at radius 1 is 1.38 bits per heavy atom. The van der Waals surface area contributed by atoms with Gasteiger partial charge in [-0.2, -0.15) is 0 Å². The zero-order chi connectivity index (χ0) is 9.52. The third-order valence-electron chi connectivity index (χ3n) is 1.10. The van der Waals surface area contributed by atoms with Gasteiger partial charge < -0.3 is 9.29 Å². The Hall–Kier alpha value is -1.20. The Morgan fingerprint density at radius 3 is 2.69 bits per heavy atom. The van der Waals surface area contributed by atoms with Crippen molar-refractivity contribution in [3.63, 3.8) is 0 Å². The van der Waals surface area contributed by atoms with E-state index in [1.54, 1.807) is 12.1 Å². The molecule has 0 heterocycles. The van der Waals surface area contributed by atoms with E-state index in [9.17, 15) is 4.79 Å². The standard InChI is InChI=1S/C8H8O4S/c9-8(10)6-11-13-12-7-4-2-1-3-5-7/h1-5H,6H2,(H,9,10). The molecule has 0 radical (unpaired) electrons. The van der Waals surface area contributed by atoms with E-state index in [1.165, 1.54) is 0 Å². The van der Waals surface area contributed by atoms with Crippen LogP contribution < -0.4 is 4.18 Å². The maximum atomic E-state index is 10.0. The van der Waals surface area contributed by atoms with Crippen LogP contribution in [0.1, 0.15) is 0 Å². The molecule has 1 rings (SSSR count). The number of hydrogen-bond acceptors (Lipinski definition) is 4. The minimum absolute atomic E-state index is 0.377. The van der Waals surface area contributed by atoms with E-state index >= 15 is 0 Å². The van der Waals surface area contributed by atoms with Crippen LogP contribution in [-0.2, 0) is 8.98 Å². The third-order valence-corrected chi connectivity index (χ3v) is 1.58. The molecule has 4 nitrogen and oxygen atoms in total. The molecular weight excluding hydrogens is 192 g/mol. The van der Waals surface area contributed by atoms with Crippen LogP contribution in [0.2, 0.25) is 0 Å². The second-order valence-corrected chi connectivity index (χ2v) is 2.66. The van der Waals surface area contributed by atoms with Gasteiger partial charge in [-0.3, -0.25) is 4.18 Å². The first-order valence-electron chi connectivity index (χ1n) is 3.52. The van der Waals surface area contributed by atoms with Crippen LogP contribution >= 0.6 is 12.3 Å². The molecule has 0 aliphatic heterocycles. The number of rotatable bonds is 5. The summed E-state index contributed by atoms with van der Waals surface area (Å²) >= 11 is 0.654. The number of carbonyl (C=O) groups is 1. The molecular formula is C8H8O4S. The summed E-state index contributed by atoms with van der Waals surface area (Å²) in [6.07, 6.45) is 0. The largest absolute Gasteiger partial charge is 0.479 e. The number of hydrogen-bond donors (Lipinski definition) is 1. The Bertz CT molecular complexity index is 262. The lowest BCUT2D eigenvalue weighted by Gasteiger charge is -2.00. The third kappa shape index (κ3) is 4.39. The molecule has 1 N–H and O–H groups in total. The minimum Gasteiger partial charge on any atom is -0.479 e. The van der Waals surface area contributed by atoms with Crippen LogP contribution in [0, 0.1) is 0 Å². The maximum Gasteiger partial charge on any atom is 0.331 e. The zero-order valence-corrected chi connectivity index (χ0v) is 7.49. The van der Waals surface area contributed by atoms with E-state index in [0.29, 0.717) is 18.1 Å². The lowest BCUT2D eigenvalue weighted by atomic mass is 10.3. The van der Waals surface area contributed by atoms with E-state index in [2.05, 4.69) is 4.18 Å². The number of carboxylic acids is 1. The Labute approximate surface area is 79.9 Å². The predicted octanol–water partition coefficient (Wildman–Crippen LogP) is 1.73. The fourth-order valence-electron chi connectivity index (χ4n) is 0.614. The van der Waals surface area contributed by atoms with Crippen LogP contribution in [0.4, 0.5) is 0 Å². The summed E-state index contributed by atoms with van der Waals surface area (Å²) in [6, 6.07) is 8.98. The van der Waals surface area contributed by atoms with Gasteiger partial charge in [0.2, 0.25) is 12.3 Å². The normalized spacial score (nSPS) is 9.54. The summed E-state index contributed by atoms with van der Waals surface area (Å²) in [5.74, 6) is -0.401. The monoisotopic (exact) mass is 200 g/mol. The number of carboxylic acid groups (broad SMARTS) is 1. The molecule has 0 spiro atoms. The van der Waals surface area contributed by atoms with Crippen LogP contribution in [-0.4, -0.2) is 17.7 Å². The molecule has 0 aliphatic carbocycles. The maximum absolute atomic E-state index is 10.0. The van der Waals surface area contributed by atoms with Gasteiger partial charge in [0, 0.05) is 0 Å². The van der Waals surface area contributed by atoms with Crippen molar-refractivity contribution in [2.24, 2.45) is 0 Å². The highest BCUT2D eigenvalue weighted by Crippen LogP contribution is 2.15. The summed E-state index contributed by atoms with van der Waals surface area (Å²) < 4.78 is 9.58. The number of aliphatic carboxylic acids is 1. The number of para-hydroxylation sites is 1. The first kappa shape index (κ1) is 9.88. The van der Waals surface area contributed by atoms with Gasteiger partial charge >= 0.3 is 5.97 Å². The number of benzene rings is 1. The molecule has 13 heavy (non-hydrogen) atoms. The fourth-order valence-corrected chi connectivity index (χ4v) is 1.00. The topological polar surface area (TPSA) is 55.8 Å². The Kier molecular flexibility index (Phi) is 4.14. The van der Waals surface area contributed by atoms with Gasteiger partial charge in [0.1, 0.15) is 5.75 Å². The average Bonchev–Trinajstić information content (AvgIpc) is 2.14. The van der Waals surface area contributed by atoms with Crippen molar-refractivity contribution >= 4 is 18.3 Å². The van der Waals surface area contributed by atoms with Crippen molar-refractivity contribution in [3.8, 4) is 5.75 Å². The van der Waals surface area contributed by atoms with E-state index in [4.69, 9.17) is 9.29 Å². The minimum atomic E-state index is -1.02. The average molecular weight is 200 g/mol. The lowest BCUT2D eigenvalue weighted by molar-refractivity contribution is -0.139. The summed E-state index contributed by atoms with van der Waals surface area (Å²) in [7, 11) is 0. The molecule has 5 heteroatoms.